The van der Waals surface area contributed by atoms with Gasteiger partial charge in [0.1, 0.15) is 12.4 Å². The standard InChI is InChI=1S/C18H19NO5/c1-18(2,17(20)23-3)15-11-14(19(21)22)9-10-16(15)24-12-13-7-5-4-6-8-13/h4-11H,12H2,1-3H3. The lowest BCUT2D eigenvalue weighted by molar-refractivity contribution is -0.385. The van der Waals surface area contributed by atoms with Crippen LogP contribution in [0.25, 0.3) is 0 Å². The highest BCUT2D eigenvalue weighted by atomic mass is 16.6. The topological polar surface area (TPSA) is 78.7 Å². The van der Waals surface area contributed by atoms with Gasteiger partial charge in [0.05, 0.1) is 17.4 Å². The van der Waals surface area contributed by atoms with Gasteiger partial charge in [-0.3, -0.25) is 14.9 Å². The Labute approximate surface area is 140 Å². The van der Waals surface area contributed by atoms with Gasteiger partial charge in [-0.1, -0.05) is 30.3 Å². The van der Waals surface area contributed by atoms with Crippen molar-refractivity contribution in [3.05, 3.63) is 69.8 Å². The van der Waals surface area contributed by atoms with Crippen LogP contribution in [0, 0.1) is 10.1 Å². The first kappa shape index (κ1) is 17.5. The van der Waals surface area contributed by atoms with Crippen LogP contribution >= 0.6 is 0 Å². The number of carbonyl (C=O) groups excluding carboxylic acids is 1. The molecular formula is C18H19NO5. The van der Waals surface area contributed by atoms with Gasteiger partial charge in [-0.15, -0.1) is 0 Å². The van der Waals surface area contributed by atoms with Crippen molar-refractivity contribution in [1.82, 2.24) is 0 Å². The van der Waals surface area contributed by atoms with Crippen LogP contribution in [0.1, 0.15) is 25.0 Å². The molecule has 0 bridgehead atoms. The van der Waals surface area contributed by atoms with Gasteiger partial charge in [-0.25, -0.2) is 0 Å². The molecule has 2 aromatic carbocycles. The molecule has 0 amide bonds. The second kappa shape index (κ2) is 7.12. The van der Waals surface area contributed by atoms with Gasteiger partial charge in [0.15, 0.2) is 0 Å². The first-order chi connectivity index (χ1) is 11.4. The van der Waals surface area contributed by atoms with Crippen molar-refractivity contribution in [2.24, 2.45) is 0 Å². The van der Waals surface area contributed by atoms with E-state index in [9.17, 15) is 14.9 Å². The molecule has 6 heteroatoms. The number of ether oxygens (including phenoxy) is 2. The van der Waals surface area contributed by atoms with Crippen molar-refractivity contribution in [1.29, 1.82) is 0 Å². The van der Waals surface area contributed by atoms with Crippen LogP contribution < -0.4 is 4.74 Å². The molecule has 6 nitrogen and oxygen atoms in total. The van der Waals surface area contributed by atoms with Gasteiger partial charge in [-0.2, -0.15) is 0 Å². The smallest absolute Gasteiger partial charge is 0.315 e. The highest BCUT2D eigenvalue weighted by Crippen LogP contribution is 2.36. The number of nitro benzene ring substituents is 1. The molecule has 0 unspecified atom stereocenters. The van der Waals surface area contributed by atoms with Gasteiger partial charge in [-0.05, 0) is 25.5 Å². The molecule has 2 rings (SSSR count). The summed E-state index contributed by atoms with van der Waals surface area (Å²) in [6, 6.07) is 13.8. The van der Waals surface area contributed by atoms with Gasteiger partial charge in [0.25, 0.3) is 5.69 Å². The maximum absolute atomic E-state index is 12.1. The Hall–Kier alpha value is -2.89. The molecule has 0 aliphatic heterocycles. The average molecular weight is 329 g/mol. The summed E-state index contributed by atoms with van der Waals surface area (Å²) in [6.45, 7) is 3.59. The van der Waals surface area contributed by atoms with Gasteiger partial charge < -0.3 is 9.47 Å². The number of nitrogens with zero attached hydrogens (tertiary/aromatic N) is 1. The van der Waals surface area contributed by atoms with Crippen LogP contribution in [0.3, 0.4) is 0 Å². The summed E-state index contributed by atoms with van der Waals surface area (Å²) in [6.07, 6.45) is 0. The first-order valence-electron chi connectivity index (χ1n) is 7.40. The molecule has 0 saturated heterocycles. The second-order valence-electron chi connectivity index (χ2n) is 5.83. The summed E-state index contributed by atoms with van der Waals surface area (Å²) in [5, 5.41) is 11.1. The Morgan fingerprint density at radius 2 is 1.83 bits per heavy atom. The third-order valence-corrected chi connectivity index (χ3v) is 3.78. The highest BCUT2D eigenvalue weighted by molar-refractivity contribution is 5.83. The van der Waals surface area contributed by atoms with Crippen molar-refractivity contribution in [3.8, 4) is 5.75 Å². The van der Waals surface area contributed by atoms with Crippen LogP contribution in [-0.2, 0) is 21.6 Å². The van der Waals surface area contributed by atoms with E-state index in [1.165, 1.54) is 25.3 Å². The van der Waals surface area contributed by atoms with E-state index < -0.39 is 16.3 Å². The fourth-order valence-electron chi connectivity index (χ4n) is 2.35. The largest absolute Gasteiger partial charge is 0.489 e. The van der Waals surface area contributed by atoms with Crippen LogP contribution in [0.15, 0.2) is 48.5 Å². The number of esters is 1. The van der Waals surface area contributed by atoms with Gasteiger partial charge in [0.2, 0.25) is 0 Å². The lowest BCUT2D eigenvalue weighted by Gasteiger charge is -2.24. The van der Waals surface area contributed by atoms with Crippen LogP contribution in [-0.4, -0.2) is 18.0 Å². The first-order valence-corrected chi connectivity index (χ1v) is 7.40. The molecule has 0 aliphatic rings. The average Bonchev–Trinajstić information content (AvgIpc) is 2.59. The molecule has 24 heavy (non-hydrogen) atoms. The van der Waals surface area contributed by atoms with Gasteiger partial charge in [0, 0.05) is 17.7 Å². The van der Waals surface area contributed by atoms with E-state index in [4.69, 9.17) is 9.47 Å². The zero-order chi connectivity index (χ0) is 17.7. The molecule has 0 atom stereocenters. The number of nitro groups is 1. The fraction of sp³-hybridized carbons (Fsp3) is 0.278. The monoisotopic (exact) mass is 329 g/mol. The summed E-state index contributed by atoms with van der Waals surface area (Å²) in [5.74, 6) is -0.0765. The van der Waals surface area contributed by atoms with Gasteiger partial charge >= 0.3 is 5.97 Å². The molecule has 0 aromatic heterocycles. The Balaban J connectivity index is 2.39. The zero-order valence-corrected chi connectivity index (χ0v) is 13.8. The van der Waals surface area contributed by atoms with Crippen LogP contribution in [0.2, 0.25) is 0 Å². The van der Waals surface area contributed by atoms with E-state index in [0.717, 1.165) is 5.56 Å². The minimum Gasteiger partial charge on any atom is -0.489 e. The number of hydrogen-bond acceptors (Lipinski definition) is 5. The number of benzene rings is 2. The molecular weight excluding hydrogens is 310 g/mol. The van der Waals surface area contributed by atoms with Crippen LogP contribution in [0.5, 0.6) is 5.75 Å². The Kier molecular flexibility index (Phi) is 5.18. The maximum atomic E-state index is 12.1. The third-order valence-electron chi connectivity index (χ3n) is 3.78. The fourth-order valence-corrected chi connectivity index (χ4v) is 2.35. The Bertz CT molecular complexity index is 740. The predicted molar refractivity (Wildman–Crippen MR) is 88.9 cm³/mol. The molecule has 126 valence electrons. The van der Waals surface area contributed by atoms with Crippen molar-refractivity contribution in [2.45, 2.75) is 25.9 Å². The van der Waals surface area contributed by atoms with Crippen molar-refractivity contribution in [2.75, 3.05) is 7.11 Å². The summed E-state index contributed by atoms with van der Waals surface area (Å²) in [5.41, 5.74) is 0.193. The summed E-state index contributed by atoms with van der Waals surface area (Å²) >= 11 is 0. The molecule has 0 saturated carbocycles. The van der Waals surface area contributed by atoms with E-state index in [1.54, 1.807) is 13.8 Å². The SMILES string of the molecule is COC(=O)C(C)(C)c1cc([N+](=O)[O-])ccc1OCc1ccccc1. The second-order valence-corrected chi connectivity index (χ2v) is 5.83. The quantitative estimate of drug-likeness (QED) is 0.459. The van der Waals surface area contributed by atoms with Crippen molar-refractivity contribution < 1.29 is 19.2 Å². The Morgan fingerprint density at radius 3 is 2.42 bits per heavy atom. The Morgan fingerprint density at radius 1 is 1.17 bits per heavy atom. The zero-order valence-electron chi connectivity index (χ0n) is 13.8. The molecule has 0 aliphatic carbocycles. The van der Waals surface area contributed by atoms with E-state index >= 15 is 0 Å². The summed E-state index contributed by atoms with van der Waals surface area (Å²) in [7, 11) is 1.28. The summed E-state index contributed by atoms with van der Waals surface area (Å²) < 4.78 is 10.6. The minimum atomic E-state index is -1.08. The normalized spacial score (nSPS) is 11.0. The van der Waals surface area contributed by atoms with E-state index in [0.29, 0.717) is 17.9 Å². The maximum Gasteiger partial charge on any atom is 0.315 e. The van der Waals surface area contributed by atoms with E-state index in [2.05, 4.69) is 0 Å². The van der Waals surface area contributed by atoms with E-state index in [1.807, 2.05) is 30.3 Å². The number of carbonyl (C=O) groups is 1. The highest BCUT2D eigenvalue weighted by Gasteiger charge is 2.35. The number of hydrogen-bond donors (Lipinski definition) is 0. The molecule has 0 N–H and O–H groups in total. The van der Waals surface area contributed by atoms with Crippen molar-refractivity contribution >= 4 is 11.7 Å². The van der Waals surface area contributed by atoms with Crippen LogP contribution in [0.4, 0.5) is 5.69 Å². The van der Waals surface area contributed by atoms with Crippen molar-refractivity contribution in [3.63, 3.8) is 0 Å². The molecule has 0 fully saturated rings. The summed E-state index contributed by atoms with van der Waals surface area (Å²) in [4.78, 5) is 22.7. The lowest BCUT2D eigenvalue weighted by Crippen LogP contribution is -2.30. The number of rotatable bonds is 6. The number of non-ortho nitro benzene ring substituents is 1. The molecule has 0 heterocycles. The molecule has 2 aromatic rings. The lowest BCUT2D eigenvalue weighted by atomic mass is 9.83. The molecule has 0 spiro atoms. The number of methoxy groups -OCH3 is 1. The molecule has 0 radical (unpaired) electrons. The van der Waals surface area contributed by atoms with E-state index in [-0.39, 0.29) is 5.69 Å². The third kappa shape index (κ3) is 3.71. The minimum absolute atomic E-state index is 0.103. The predicted octanol–water partition coefficient (Wildman–Crippen LogP) is 3.62.